The first-order valence-corrected chi connectivity index (χ1v) is 16.5. The summed E-state index contributed by atoms with van der Waals surface area (Å²) >= 11 is 7.71. The van der Waals surface area contributed by atoms with Gasteiger partial charge in [-0.05, 0) is 66.9 Å². The maximum absolute atomic E-state index is 15.5. The third-order valence-corrected chi connectivity index (χ3v) is 9.59. The summed E-state index contributed by atoms with van der Waals surface area (Å²) in [6.07, 6.45) is 1.88. The highest BCUT2D eigenvalue weighted by Crippen LogP contribution is 2.39. The predicted octanol–water partition coefficient (Wildman–Crippen LogP) is 6.47. The van der Waals surface area contributed by atoms with Crippen molar-refractivity contribution in [3.8, 4) is 5.69 Å². The summed E-state index contributed by atoms with van der Waals surface area (Å²) in [7, 11) is 0. The molecule has 0 radical (unpaired) electrons. The normalized spacial score (nSPS) is 12.3. The van der Waals surface area contributed by atoms with E-state index < -0.39 is 34.7 Å². The minimum Gasteiger partial charge on any atom is -0.481 e. The van der Waals surface area contributed by atoms with Crippen LogP contribution in [0.4, 0.5) is 14.6 Å². The maximum atomic E-state index is 15.5. The number of carboxylic acid groups (broad SMARTS) is 1. The lowest BCUT2D eigenvalue weighted by atomic mass is 9.81. The third-order valence-electron chi connectivity index (χ3n) is 8.27. The van der Waals surface area contributed by atoms with Gasteiger partial charge in [-0.3, -0.25) is 19.1 Å². The van der Waals surface area contributed by atoms with Crippen LogP contribution in [0.3, 0.4) is 0 Å². The number of hydrogen-bond donors (Lipinski definition) is 4. The van der Waals surface area contributed by atoms with Crippen molar-refractivity contribution in [2.75, 3.05) is 12.3 Å². The van der Waals surface area contributed by atoms with Crippen molar-refractivity contribution in [2.24, 2.45) is 22.4 Å². The monoisotopic (exact) mass is 709 g/mol. The molecule has 3 aromatic carbocycles. The van der Waals surface area contributed by atoms with Gasteiger partial charge in [0.05, 0.1) is 23.2 Å². The third kappa shape index (κ3) is 7.86. The van der Waals surface area contributed by atoms with Gasteiger partial charge in [0.1, 0.15) is 11.6 Å². The molecule has 256 valence electrons. The number of rotatable bonds is 14. The summed E-state index contributed by atoms with van der Waals surface area (Å²) < 4.78 is 36.6. The molecule has 0 amide bonds. The summed E-state index contributed by atoms with van der Waals surface area (Å²) in [6.45, 7) is 4.24. The summed E-state index contributed by atoms with van der Waals surface area (Å²) in [4.78, 5) is 33.3. The Balaban J connectivity index is 1.40. The van der Waals surface area contributed by atoms with Crippen molar-refractivity contribution in [3.05, 3.63) is 99.8 Å². The zero-order valence-electron chi connectivity index (χ0n) is 26.6. The molecule has 0 aliphatic heterocycles. The van der Waals surface area contributed by atoms with E-state index >= 15 is 4.39 Å². The SMILES string of the molecule is CC(C)(c1ccc2onc(N)c2c1)c1cnc(SCc2c(F)cc(C(=O)CC(CCCN=C(N)N)C(=O)O)cc2Cl)n1-c1ccc(F)cc1. The number of fused-ring (bicyclic) bond motifs is 1. The van der Waals surface area contributed by atoms with Gasteiger partial charge in [-0.25, -0.2) is 13.8 Å². The summed E-state index contributed by atoms with van der Waals surface area (Å²) in [5.74, 6) is -3.63. The Morgan fingerprint density at radius 3 is 2.53 bits per heavy atom. The van der Waals surface area contributed by atoms with Gasteiger partial charge < -0.3 is 26.8 Å². The largest absolute Gasteiger partial charge is 0.481 e. The molecule has 0 aliphatic carbocycles. The molecule has 7 N–H and O–H groups in total. The number of guanidine groups is 1. The van der Waals surface area contributed by atoms with Gasteiger partial charge in [0.25, 0.3) is 0 Å². The van der Waals surface area contributed by atoms with Crippen LogP contribution in [-0.4, -0.2) is 44.1 Å². The molecule has 49 heavy (non-hydrogen) atoms. The van der Waals surface area contributed by atoms with Gasteiger partial charge in [-0.15, -0.1) is 0 Å². The molecule has 1 atom stereocenters. The average Bonchev–Trinajstić information content (AvgIpc) is 3.65. The van der Waals surface area contributed by atoms with E-state index in [0.717, 1.165) is 17.3 Å². The number of carbonyl (C=O) groups is 2. The number of aromatic nitrogens is 3. The number of nitrogens with zero attached hydrogens (tertiary/aromatic N) is 4. The maximum Gasteiger partial charge on any atom is 0.306 e. The first kappa shape index (κ1) is 35.4. The second kappa shape index (κ2) is 14.7. The Hall–Kier alpha value is -4.95. The number of carboxylic acids is 1. The first-order chi connectivity index (χ1) is 23.3. The Labute approximate surface area is 289 Å². The number of anilines is 1. The van der Waals surface area contributed by atoms with Crippen LogP contribution >= 0.6 is 23.4 Å². The number of Topliss-reactive ketones (excluding diaryl/α,β-unsaturated/α-hetero) is 1. The van der Waals surface area contributed by atoms with Crippen molar-refractivity contribution in [2.45, 2.75) is 49.4 Å². The predicted molar refractivity (Wildman–Crippen MR) is 185 cm³/mol. The fraction of sp³-hybridized carbons (Fsp3) is 0.265. The van der Waals surface area contributed by atoms with Gasteiger partial charge in [0.2, 0.25) is 0 Å². The average molecular weight is 710 g/mol. The minimum atomic E-state index is -1.15. The number of benzene rings is 3. The lowest BCUT2D eigenvalue weighted by molar-refractivity contribution is -0.141. The van der Waals surface area contributed by atoms with E-state index in [1.54, 1.807) is 24.4 Å². The second-order valence-corrected chi connectivity index (χ2v) is 13.3. The lowest BCUT2D eigenvalue weighted by Gasteiger charge is -2.27. The molecule has 15 heteroatoms. The van der Waals surface area contributed by atoms with Crippen LogP contribution in [-0.2, 0) is 16.0 Å². The summed E-state index contributed by atoms with van der Waals surface area (Å²) in [5.41, 5.74) is 18.9. The number of imidazole rings is 1. The minimum absolute atomic E-state index is 0.00976. The van der Waals surface area contributed by atoms with Gasteiger partial charge in [-0.2, -0.15) is 0 Å². The van der Waals surface area contributed by atoms with Gasteiger partial charge in [0.15, 0.2) is 28.3 Å². The van der Waals surface area contributed by atoms with E-state index in [9.17, 15) is 19.1 Å². The molecule has 0 saturated carbocycles. The van der Waals surface area contributed by atoms with Crippen molar-refractivity contribution >= 4 is 57.9 Å². The molecular weight excluding hydrogens is 676 g/mol. The number of thioether (sulfide) groups is 1. The summed E-state index contributed by atoms with van der Waals surface area (Å²) in [5, 5.41) is 14.6. The quantitative estimate of drug-likeness (QED) is 0.0327. The molecule has 0 aliphatic rings. The molecule has 2 heterocycles. The highest BCUT2D eigenvalue weighted by Gasteiger charge is 2.31. The number of hydrogen-bond acceptors (Lipinski definition) is 8. The van der Waals surface area contributed by atoms with Crippen molar-refractivity contribution in [1.82, 2.24) is 14.7 Å². The van der Waals surface area contributed by atoms with Gasteiger partial charge in [-0.1, -0.05) is 48.4 Å². The van der Waals surface area contributed by atoms with E-state index in [1.807, 2.05) is 30.5 Å². The number of carbonyl (C=O) groups excluding carboxylic acids is 1. The molecule has 5 aromatic rings. The van der Waals surface area contributed by atoms with Crippen molar-refractivity contribution in [1.29, 1.82) is 0 Å². The van der Waals surface area contributed by atoms with E-state index in [4.69, 9.17) is 33.3 Å². The molecular formula is C34H34ClF2N7O4S. The Kier molecular flexibility index (Phi) is 10.6. The highest BCUT2D eigenvalue weighted by atomic mass is 35.5. The molecule has 0 bridgehead atoms. The first-order valence-electron chi connectivity index (χ1n) is 15.2. The smallest absolute Gasteiger partial charge is 0.306 e. The Morgan fingerprint density at radius 1 is 1.12 bits per heavy atom. The molecule has 5 rings (SSSR count). The molecule has 1 unspecified atom stereocenters. The lowest BCUT2D eigenvalue weighted by Crippen LogP contribution is -2.23. The molecule has 2 aromatic heterocycles. The van der Waals surface area contributed by atoms with Crippen LogP contribution in [0.15, 0.2) is 75.5 Å². The zero-order valence-corrected chi connectivity index (χ0v) is 28.2. The van der Waals surface area contributed by atoms with E-state index in [1.165, 1.54) is 30.0 Å². The fourth-order valence-electron chi connectivity index (χ4n) is 5.45. The van der Waals surface area contributed by atoms with Crippen LogP contribution in [0, 0.1) is 17.6 Å². The number of halogens is 3. The van der Waals surface area contributed by atoms with E-state index in [0.29, 0.717) is 28.2 Å². The van der Waals surface area contributed by atoms with Crippen LogP contribution in [0.25, 0.3) is 16.7 Å². The van der Waals surface area contributed by atoms with Gasteiger partial charge in [0, 0.05) is 46.0 Å². The molecule has 11 nitrogen and oxygen atoms in total. The Bertz CT molecular complexity index is 2020. The fourth-order valence-corrected chi connectivity index (χ4v) is 6.83. The van der Waals surface area contributed by atoms with E-state index in [2.05, 4.69) is 15.1 Å². The number of nitrogens with two attached hydrogens (primary N) is 3. The highest BCUT2D eigenvalue weighted by molar-refractivity contribution is 7.98. The topological polar surface area (TPSA) is 189 Å². The number of nitrogen functional groups attached to an aromatic ring is 1. The zero-order chi connectivity index (χ0) is 35.5. The van der Waals surface area contributed by atoms with Crippen LogP contribution in [0.1, 0.15) is 60.3 Å². The standard InChI is InChI=1S/C34H34ClF2N7O4S/c1-34(2,20-5-10-28-23(15-20)30(38)43-48-28)29-16-42-33(44(29)22-8-6-21(36)7-9-22)49-17-24-25(35)12-19(13-26(24)37)27(45)14-18(31(46)47)4-3-11-41-32(39)40/h5-10,12-13,15-16,18H,3-4,11,14,17H2,1-2H3,(H2,38,43)(H,46,47)(H4,39,40,41). The van der Waals surface area contributed by atoms with Gasteiger partial charge >= 0.3 is 5.97 Å². The van der Waals surface area contributed by atoms with Crippen LogP contribution in [0.2, 0.25) is 5.02 Å². The number of aliphatic imine (C=N–C) groups is 1. The summed E-state index contributed by atoms with van der Waals surface area (Å²) in [6, 6.07) is 13.9. The second-order valence-electron chi connectivity index (χ2n) is 12.0. The number of aliphatic carboxylic acids is 1. The van der Waals surface area contributed by atoms with Crippen LogP contribution < -0.4 is 17.2 Å². The number of ketones is 1. The van der Waals surface area contributed by atoms with Crippen LogP contribution in [0.5, 0.6) is 0 Å². The van der Waals surface area contributed by atoms with Crippen molar-refractivity contribution in [3.63, 3.8) is 0 Å². The van der Waals surface area contributed by atoms with Crippen molar-refractivity contribution < 1.29 is 28.0 Å². The molecule has 0 saturated heterocycles. The Morgan fingerprint density at radius 2 is 1.86 bits per heavy atom. The van der Waals surface area contributed by atoms with E-state index in [-0.39, 0.29) is 53.1 Å². The molecule has 0 fully saturated rings. The molecule has 0 spiro atoms.